The molecule has 2 fully saturated rings. The summed E-state index contributed by atoms with van der Waals surface area (Å²) in [4.78, 5) is 2.40. The Morgan fingerprint density at radius 1 is 0.712 bits per heavy atom. The molecule has 5 aromatic rings. The molecule has 0 amide bonds. The Morgan fingerprint density at radius 2 is 1.40 bits per heavy atom. The molecule has 1 unspecified atom stereocenters. The highest BCUT2D eigenvalue weighted by Crippen LogP contribution is 2.62. The van der Waals surface area contributed by atoms with Crippen molar-refractivity contribution in [3.63, 3.8) is 0 Å². The number of anilines is 1. The van der Waals surface area contributed by atoms with Crippen LogP contribution in [0.15, 0.2) is 84.9 Å². The highest BCUT2D eigenvalue weighted by atomic mass is 16.5. The van der Waals surface area contributed by atoms with Gasteiger partial charge in [-0.1, -0.05) is 86.2 Å². The van der Waals surface area contributed by atoms with Gasteiger partial charge in [-0.05, 0) is 102 Å². The first-order valence-corrected chi connectivity index (χ1v) is 19.2. The van der Waals surface area contributed by atoms with Crippen molar-refractivity contribution < 1.29 is 18.9 Å². The van der Waals surface area contributed by atoms with E-state index in [2.05, 4.69) is 97.6 Å². The summed E-state index contributed by atoms with van der Waals surface area (Å²) in [5, 5.41) is 2.34. The van der Waals surface area contributed by atoms with Gasteiger partial charge in [-0.15, -0.1) is 0 Å². The van der Waals surface area contributed by atoms with Crippen molar-refractivity contribution in [3.05, 3.63) is 124 Å². The maximum atomic E-state index is 7.72. The Balaban J connectivity index is 1.31. The van der Waals surface area contributed by atoms with E-state index in [1.807, 2.05) is 12.1 Å². The second-order valence-electron chi connectivity index (χ2n) is 15.3. The summed E-state index contributed by atoms with van der Waals surface area (Å²) in [5.41, 5.74) is 11.9. The van der Waals surface area contributed by atoms with E-state index >= 15 is 0 Å². The van der Waals surface area contributed by atoms with Crippen LogP contribution in [0.1, 0.15) is 83.9 Å². The summed E-state index contributed by atoms with van der Waals surface area (Å²) in [7, 11) is 3.49. The molecule has 5 heteroatoms. The van der Waals surface area contributed by atoms with Gasteiger partial charge in [-0.25, -0.2) is 0 Å². The van der Waals surface area contributed by atoms with E-state index in [0.29, 0.717) is 0 Å². The molecule has 0 bridgehead atoms. The Kier molecular flexibility index (Phi) is 8.30. The molecule has 0 N–H and O–H groups in total. The van der Waals surface area contributed by atoms with Gasteiger partial charge in [0.2, 0.25) is 0 Å². The predicted octanol–water partition coefficient (Wildman–Crippen LogP) is 10.7. The van der Waals surface area contributed by atoms with Gasteiger partial charge in [0, 0.05) is 46.3 Å². The lowest BCUT2D eigenvalue weighted by Crippen LogP contribution is -2.37. The SMILES string of the molecule is COc1ccc(C2(c3ccc(N4CCOCC4)cc3)C=Cc3c4c(c5cc(C)c(OC)cc5c3O2)-c2ccc(C)cc2C42CCCCCCC2)cc1. The summed E-state index contributed by atoms with van der Waals surface area (Å²) >= 11 is 0. The zero-order valence-corrected chi connectivity index (χ0v) is 31.0. The first-order chi connectivity index (χ1) is 25.5. The molecule has 266 valence electrons. The number of rotatable bonds is 5. The minimum Gasteiger partial charge on any atom is -0.497 e. The van der Waals surface area contributed by atoms with Crippen LogP contribution < -0.4 is 19.1 Å². The normalized spacial score (nSPS) is 20.4. The highest BCUT2D eigenvalue weighted by molar-refractivity contribution is 6.09. The van der Waals surface area contributed by atoms with Crippen LogP contribution in [-0.2, 0) is 15.8 Å². The van der Waals surface area contributed by atoms with Gasteiger partial charge in [0.1, 0.15) is 17.2 Å². The number of benzene rings is 5. The third-order valence-corrected chi connectivity index (χ3v) is 12.4. The summed E-state index contributed by atoms with van der Waals surface area (Å²) < 4.78 is 25.0. The van der Waals surface area contributed by atoms with Crippen molar-refractivity contribution in [2.45, 2.75) is 69.8 Å². The Morgan fingerprint density at radius 3 is 2.10 bits per heavy atom. The minimum absolute atomic E-state index is 0.0587. The molecule has 5 aromatic carbocycles. The van der Waals surface area contributed by atoms with Gasteiger partial charge < -0.3 is 23.8 Å². The molecule has 0 aromatic heterocycles. The van der Waals surface area contributed by atoms with Crippen molar-refractivity contribution in [2.24, 2.45) is 0 Å². The van der Waals surface area contributed by atoms with Gasteiger partial charge in [0.15, 0.2) is 5.60 Å². The maximum Gasteiger partial charge on any atom is 0.178 e. The second-order valence-corrected chi connectivity index (χ2v) is 15.3. The van der Waals surface area contributed by atoms with E-state index in [9.17, 15) is 0 Å². The minimum atomic E-state index is -0.863. The summed E-state index contributed by atoms with van der Waals surface area (Å²) in [6.45, 7) is 7.72. The standard InChI is InChI=1S/C47H49NO4/c1-31-10-19-37-41(28-31)46(21-8-6-5-7-9-22-46)44-38-20-23-47(34-13-17-36(49-3)18-14-34,33-11-15-35(16-12-33)48-24-26-51-27-25-48)52-45(38)40-30-42(50-4)32(2)29-39(40)43(37)44/h10-20,23,28-30H,5-9,21-22,24-27H2,1-4H3. The van der Waals surface area contributed by atoms with Crippen molar-refractivity contribution in [1.82, 2.24) is 0 Å². The molecule has 1 saturated carbocycles. The van der Waals surface area contributed by atoms with E-state index in [4.69, 9.17) is 18.9 Å². The van der Waals surface area contributed by atoms with E-state index in [0.717, 1.165) is 78.5 Å². The van der Waals surface area contributed by atoms with Gasteiger partial charge in [0.05, 0.1) is 27.4 Å². The number of methoxy groups -OCH3 is 2. The molecule has 4 aliphatic rings. The van der Waals surface area contributed by atoms with Crippen LogP contribution in [0.25, 0.3) is 28.0 Å². The van der Waals surface area contributed by atoms with Crippen molar-refractivity contribution in [3.8, 4) is 28.4 Å². The first kappa shape index (κ1) is 33.1. The van der Waals surface area contributed by atoms with Crippen LogP contribution in [-0.4, -0.2) is 40.5 Å². The Bertz CT molecular complexity index is 2170. The van der Waals surface area contributed by atoms with Crippen molar-refractivity contribution >= 4 is 22.5 Å². The fraction of sp³-hybridized carbons (Fsp3) is 0.362. The molecule has 1 saturated heterocycles. The van der Waals surface area contributed by atoms with E-state index in [1.165, 1.54) is 76.6 Å². The highest BCUT2D eigenvalue weighted by Gasteiger charge is 2.48. The van der Waals surface area contributed by atoms with Crippen LogP contribution >= 0.6 is 0 Å². The number of fused-ring (bicyclic) bond motifs is 10. The summed E-state index contributed by atoms with van der Waals surface area (Å²) in [6, 6.07) is 29.1. The number of aryl methyl sites for hydroxylation is 2. The van der Waals surface area contributed by atoms with Gasteiger partial charge >= 0.3 is 0 Å². The molecule has 1 atom stereocenters. The van der Waals surface area contributed by atoms with Crippen LogP contribution in [0.5, 0.6) is 17.2 Å². The largest absolute Gasteiger partial charge is 0.497 e. The van der Waals surface area contributed by atoms with Crippen molar-refractivity contribution in [1.29, 1.82) is 0 Å². The summed E-state index contributed by atoms with van der Waals surface area (Å²) in [6.07, 6.45) is 13.4. The average molecular weight is 692 g/mol. The molecule has 9 rings (SSSR count). The fourth-order valence-corrected chi connectivity index (χ4v) is 9.76. The van der Waals surface area contributed by atoms with Gasteiger partial charge in [0.25, 0.3) is 0 Å². The number of ether oxygens (including phenoxy) is 4. The molecular formula is C47H49NO4. The molecule has 2 aliphatic heterocycles. The number of hydrogen-bond acceptors (Lipinski definition) is 5. The van der Waals surface area contributed by atoms with Crippen molar-refractivity contribution in [2.75, 3.05) is 45.4 Å². The third-order valence-electron chi connectivity index (χ3n) is 12.4. The van der Waals surface area contributed by atoms with E-state index in [1.54, 1.807) is 14.2 Å². The number of nitrogens with zero attached hydrogens (tertiary/aromatic N) is 1. The lowest BCUT2D eigenvalue weighted by atomic mass is 9.67. The Labute approximate surface area is 308 Å². The molecule has 0 radical (unpaired) electrons. The third kappa shape index (κ3) is 5.15. The Hall–Kier alpha value is -4.74. The lowest BCUT2D eigenvalue weighted by molar-refractivity contribution is 0.122. The maximum absolute atomic E-state index is 7.72. The first-order valence-electron chi connectivity index (χ1n) is 19.2. The molecule has 2 aliphatic carbocycles. The second kappa shape index (κ2) is 13.0. The number of morpholine rings is 1. The van der Waals surface area contributed by atoms with Gasteiger partial charge in [-0.3, -0.25) is 0 Å². The van der Waals surface area contributed by atoms with Crippen LogP contribution in [0.4, 0.5) is 5.69 Å². The quantitative estimate of drug-likeness (QED) is 0.183. The van der Waals surface area contributed by atoms with Crippen LogP contribution in [0.2, 0.25) is 0 Å². The van der Waals surface area contributed by atoms with Gasteiger partial charge in [-0.2, -0.15) is 0 Å². The lowest BCUT2D eigenvalue weighted by Gasteiger charge is -2.40. The van der Waals surface area contributed by atoms with Crippen LogP contribution in [0, 0.1) is 13.8 Å². The number of hydrogen-bond donors (Lipinski definition) is 0. The molecule has 2 heterocycles. The molecule has 52 heavy (non-hydrogen) atoms. The zero-order valence-electron chi connectivity index (χ0n) is 31.0. The van der Waals surface area contributed by atoms with E-state index < -0.39 is 5.60 Å². The molecule has 1 spiro atoms. The topological polar surface area (TPSA) is 40.2 Å². The smallest absolute Gasteiger partial charge is 0.178 e. The predicted molar refractivity (Wildman–Crippen MR) is 211 cm³/mol. The fourth-order valence-electron chi connectivity index (χ4n) is 9.76. The van der Waals surface area contributed by atoms with E-state index in [-0.39, 0.29) is 5.41 Å². The average Bonchev–Trinajstić information content (AvgIpc) is 3.46. The summed E-state index contributed by atoms with van der Waals surface area (Å²) in [5.74, 6) is 2.64. The van der Waals surface area contributed by atoms with Crippen LogP contribution in [0.3, 0.4) is 0 Å². The monoisotopic (exact) mass is 691 g/mol. The molecule has 5 nitrogen and oxygen atoms in total. The zero-order chi connectivity index (χ0) is 35.5. The molecular weight excluding hydrogens is 643 g/mol.